The molecule has 0 bridgehead atoms. The summed E-state index contributed by atoms with van der Waals surface area (Å²) in [6.45, 7) is 0. The van der Waals surface area contributed by atoms with Crippen LogP contribution in [0.5, 0.6) is 0 Å². The van der Waals surface area contributed by atoms with Crippen LogP contribution in [0.3, 0.4) is 0 Å². The van der Waals surface area contributed by atoms with E-state index in [2.05, 4.69) is 60.7 Å². The lowest BCUT2D eigenvalue weighted by molar-refractivity contribution is 0.346. The Morgan fingerprint density at radius 3 is 2.00 bits per heavy atom. The van der Waals surface area contributed by atoms with E-state index in [1.165, 1.54) is 43.2 Å². The summed E-state index contributed by atoms with van der Waals surface area (Å²) in [7, 11) is 0. The van der Waals surface area contributed by atoms with Crippen molar-refractivity contribution < 1.29 is 0 Å². The van der Waals surface area contributed by atoms with Gasteiger partial charge in [0.05, 0.1) is 0 Å². The third kappa shape index (κ3) is 1.96. The van der Waals surface area contributed by atoms with Gasteiger partial charge in [-0.3, -0.25) is 0 Å². The van der Waals surface area contributed by atoms with E-state index in [1.54, 1.807) is 0 Å². The maximum atomic E-state index is 3.14. The molecule has 0 aliphatic heterocycles. The molecule has 0 N–H and O–H groups in total. The van der Waals surface area contributed by atoms with Gasteiger partial charge in [-0.25, -0.2) is 0 Å². The summed E-state index contributed by atoms with van der Waals surface area (Å²) in [5.74, 6) is 0. The first-order chi connectivity index (χ1) is 8.92. The van der Waals surface area contributed by atoms with Gasteiger partial charge in [-0.05, 0) is 30.0 Å². The van der Waals surface area contributed by atoms with Crippen LogP contribution in [0, 0.1) is 6.07 Å². The maximum absolute atomic E-state index is 3.14. The van der Waals surface area contributed by atoms with Crippen molar-refractivity contribution in [3.8, 4) is 0 Å². The maximum Gasteiger partial charge on any atom is 0.0202 e. The van der Waals surface area contributed by atoms with E-state index in [9.17, 15) is 0 Å². The molecule has 1 saturated carbocycles. The Kier molecular flexibility index (Phi) is 3.19. The van der Waals surface area contributed by atoms with E-state index in [1.807, 2.05) is 0 Å². The Balaban J connectivity index is 2.10. The predicted molar refractivity (Wildman–Crippen MR) is 75.6 cm³/mol. The molecule has 0 heteroatoms. The highest BCUT2D eigenvalue weighted by atomic mass is 14.4. The van der Waals surface area contributed by atoms with Crippen LogP contribution >= 0.6 is 0 Å². The van der Waals surface area contributed by atoms with Crippen LogP contribution in [0.25, 0.3) is 0 Å². The fraction of sp³-hybridized carbons (Fsp3) is 0.333. The summed E-state index contributed by atoms with van der Waals surface area (Å²) in [6, 6.07) is 22.8. The van der Waals surface area contributed by atoms with Gasteiger partial charge >= 0.3 is 0 Å². The fourth-order valence-electron chi connectivity index (χ4n) is 3.36. The standard InChI is InChI=1S/C18H19/c1-4-10-16(11-5-1)18(14-8-3-9-15-18)17-12-6-2-7-13-17/h1,4-7,10-13H,3,8-9,14-15H2. The van der Waals surface area contributed by atoms with Crippen molar-refractivity contribution in [2.45, 2.75) is 37.5 Å². The van der Waals surface area contributed by atoms with E-state index < -0.39 is 0 Å². The summed E-state index contributed by atoms with van der Waals surface area (Å²) < 4.78 is 0. The molecule has 0 aromatic heterocycles. The lowest BCUT2D eigenvalue weighted by Gasteiger charge is -2.38. The van der Waals surface area contributed by atoms with Gasteiger partial charge in [-0.1, -0.05) is 73.9 Å². The van der Waals surface area contributed by atoms with Crippen molar-refractivity contribution >= 4 is 0 Å². The fourth-order valence-corrected chi connectivity index (χ4v) is 3.36. The molecule has 0 saturated heterocycles. The van der Waals surface area contributed by atoms with Crippen molar-refractivity contribution in [3.63, 3.8) is 0 Å². The van der Waals surface area contributed by atoms with E-state index in [-0.39, 0.29) is 5.41 Å². The van der Waals surface area contributed by atoms with Gasteiger partial charge in [0, 0.05) is 5.41 Å². The van der Waals surface area contributed by atoms with Gasteiger partial charge in [-0.15, -0.1) is 0 Å². The average molecular weight is 235 g/mol. The van der Waals surface area contributed by atoms with Gasteiger partial charge in [0.25, 0.3) is 0 Å². The first kappa shape index (κ1) is 11.5. The molecule has 0 heterocycles. The summed E-state index contributed by atoms with van der Waals surface area (Å²) in [6.07, 6.45) is 6.62. The Morgan fingerprint density at radius 1 is 0.722 bits per heavy atom. The van der Waals surface area contributed by atoms with Crippen molar-refractivity contribution in [1.29, 1.82) is 0 Å². The topological polar surface area (TPSA) is 0 Å². The molecular weight excluding hydrogens is 216 g/mol. The molecule has 0 nitrogen and oxygen atoms in total. The minimum absolute atomic E-state index is 0.245. The van der Waals surface area contributed by atoms with Crippen LogP contribution in [-0.2, 0) is 5.41 Å². The third-order valence-corrected chi connectivity index (χ3v) is 4.30. The second-order valence-corrected chi connectivity index (χ2v) is 5.30. The third-order valence-electron chi connectivity index (χ3n) is 4.30. The molecule has 2 aromatic rings. The van der Waals surface area contributed by atoms with E-state index in [4.69, 9.17) is 0 Å². The highest BCUT2D eigenvalue weighted by Crippen LogP contribution is 2.44. The highest BCUT2D eigenvalue weighted by molar-refractivity contribution is 5.39. The zero-order chi connectivity index (χ0) is 12.3. The summed E-state index contributed by atoms with van der Waals surface area (Å²) in [5, 5.41) is 0. The number of benzene rings is 2. The Bertz CT molecular complexity index is 436. The molecule has 1 radical (unpaired) electrons. The molecule has 0 unspecified atom stereocenters. The van der Waals surface area contributed by atoms with Crippen LogP contribution in [0.2, 0.25) is 0 Å². The molecule has 0 atom stereocenters. The summed E-state index contributed by atoms with van der Waals surface area (Å²) in [4.78, 5) is 0. The van der Waals surface area contributed by atoms with Crippen molar-refractivity contribution in [2.24, 2.45) is 0 Å². The van der Waals surface area contributed by atoms with Crippen molar-refractivity contribution in [3.05, 3.63) is 71.8 Å². The van der Waals surface area contributed by atoms with Gasteiger partial charge in [0.15, 0.2) is 0 Å². The first-order valence-corrected chi connectivity index (χ1v) is 6.94. The molecule has 3 rings (SSSR count). The molecule has 2 aromatic carbocycles. The number of hydrogen-bond acceptors (Lipinski definition) is 0. The van der Waals surface area contributed by atoms with Crippen molar-refractivity contribution in [2.75, 3.05) is 0 Å². The molecule has 0 spiro atoms. The Hall–Kier alpha value is -1.56. The Labute approximate surface area is 110 Å². The van der Waals surface area contributed by atoms with Crippen LogP contribution in [0.15, 0.2) is 54.6 Å². The SMILES string of the molecule is [c]1ccc(C2(c3ccccc3)CCCCC2)cc1. The van der Waals surface area contributed by atoms with Gasteiger partial charge in [-0.2, -0.15) is 0 Å². The molecule has 1 fully saturated rings. The minimum Gasteiger partial charge on any atom is -0.0622 e. The second kappa shape index (κ2) is 4.97. The molecule has 18 heavy (non-hydrogen) atoms. The van der Waals surface area contributed by atoms with Gasteiger partial charge in [0.2, 0.25) is 0 Å². The predicted octanol–water partition coefficient (Wildman–Crippen LogP) is 4.74. The average Bonchev–Trinajstić information content (AvgIpc) is 2.50. The van der Waals surface area contributed by atoms with E-state index >= 15 is 0 Å². The molecule has 91 valence electrons. The quantitative estimate of drug-likeness (QED) is 0.705. The van der Waals surface area contributed by atoms with Crippen LogP contribution < -0.4 is 0 Å². The lowest BCUT2D eigenvalue weighted by atomic mass is 9.65. The second-order valence-electron chi connectivity index (χ2n) is 5.30. The van der Waals surface area contributed by atoms with E-state index in [0.29, 0.717) is 0 Å². The number of hydrogen-bond donors (Lipinski definition) is 0. The Morgan fingerprint density at radius 2 is 1.33 bits per heavy atom. The van der Waals surface area contributed by atoms with Crippen molar-refractivity contribution in [1.82, 2.24) is 0 Å². The first-order valence-electron chi connectivity index (χ1n) is 6.94. The van der Waals surface area contributed by atoms with Crippen LogP contribution in [0.4, 0.5) is 0 Å². The largest absolute Gasteiger partial charge is 0.0622 e. The highest BCUT2D eigenvalue weighted by Gasteiger charge is 2.35. The normalized spacial score (nSPS) is 18.4. The van der Waals surface area contributed by atoms with Gasteiger partial charge in [0.1, 0.15) is 0 Å². The molecular formula is C18H19. The molecule has 1 aliphatic carbocycles. The molecule has 0 amide bonds. The van der Waals surface area contributed by atoms with E-state index in [0.717, 1.165) is 0 Å². The minimum atomic E-state index is 0.245. The summed E-state index contributed by atoms with van der Waals surface area (Å²) >= 11 is 0. The monoisotopic (exact) mass is 235 g/mol. The van der Waals surface area contributed by atoms with Crippen LogP contribution in [0.1, 0.15) is 43.2 Å². The van der Waals surface area contributed by atoms with Crippen LogP contribution in [-0.4, -0.2) is 0 Å². The smallest absolute Gasteiger partial charge is 0.0202 e. The number of rotatable bonds is 2. The van der Waals surface area contributed by atoms with Gasteiger partial charge < -0.3 is 0 Å². The summed E-state index contributed by atoms with van der Waals surface area (Å²) in [5.41, 5.74) is 3.19. The molecule has 1 aliphatic rings. The zero-order valence-electron chi connectivity index (χ0n) is 10.7. The lowest BCUT2D eigenvalue weighted by Crippen LogP contribution is -2.30. The zero-order valence-corrected chi connectivity index (χ0v) is 10.7.